The van der Waals surface area contributed by atoms with Gasteiger partial charge in [-0.1, -0.05) is 92.1 Å². The zero-order valence-corrected chi connectivity index (χ0v) is 53.0. The predicted molar refractivity (Wildman–Crippen MR) is 330 cm³/mol. The van der Waals surface area contributed by atoms with E-state index in [1.54, 1.807) is 85.7 Å². The summed E-state index contributed by atoms with van der Waals surface area (Å²) in [7, 11) is 0. The Morgan fingerprint density at radius 3 is 1.01 bits per heavy atom. The number of amides is 11. The summed E-state index contributed by atoms with van der Waals surface area (Å²) in [5.41, 5.74) is 28.8. The average molecular weight is 1260 g/mol. The highest BCUT2D eigenvalue weighted by molar-refractivity contribution is 5.99. The van der Waals surface area contributed by atoms with Gasteiger partial charge in [0.1, 0.15) is 54.4 Å². The van der Waals surface area contributed by atoms with Gasteiger partial charge in [0.05, 0.1) is 6.04 Å². The lowest BCUT2D eigenvalue weighted by atomic mass is 9.97. The molecule has 21 N–H and O–H groups in total. The maximum atomic E-state index is 14.6. The maximum Gasteiger partial charge on any atom is 0.303 e. The number of primary amides is 2. The van der Waals surface area contributed by atoms with Crippen LogP contribution in [0.1, 0.15) is 164 Å². The number of aliphatic carboxylic acids is 2. The number of carboxylic acid groups (broad SMARTS) is 2. The zero-order chi connectivity index (χ0) is 67.5. The normalized spacial score (nSPS) is 14.7. The van der Waals surface area contributed by atoms with E-state index in [0.29, 0.717) is 37.8 Å². The van der Waals surface area contributed by atoms with Gasteiger partial charge in [0, 0.05) is 25.7 Å². The van der Waals surface area contributed by atoms with Gasteiger partial charge < -0.3 is 86.7 Å². The van der Waals surface area contributed by atoms with Crippen LogP contribution in [0.25, 0.3) is 0 Å². The van der Waals surface area contributed by atoms with Crippen molar-refractivity contribution in [2.45, 2.75) is 225 Å². The van der Waals surface area contributed by atoms with E-state index in [2.05, 4.69) is 47.9 Å². The first-order chi connectivity index (χ1) is 41.8. The first kappa shape index (κ1) is 79.2. The van der Waals surface area contributed by atoms with Crippen LogP contribution in [0.5, 0.6) is 0 Å². The van der Waals surface area contributed by atoms with Crippen molar-refractivity contribution in [2.75, 3.05) is 13.1 Å². The number of rotatable bonds is 46. The van der Waals surface area contributed by atoms with Gasteiger partial charge in [-0.25, -0.2) is 0 Å². The summed E-state index contributed by atoms with van der Waals surface area (Å²) in [5.74, 6) is -12.8. The molecule has 0 saturated heterocycles. The predicted octanol–water partition coefficient (Wildman–Crippen LogP) is -1.16. The van der Waals surface area contributed by atoms with E-state index < -0.39 is 163 Å². The third kappa shape index (κ3) is 33.4. The highest BCUT2D eigenvalue weighted by Crippen LogP contribution is 2.16. The van der Waals surface area contributed by atoms with Gasteiger partial charge in [0.15, 0.2) is 0 Å². The van der Waals surface area contributed by atoms with Crippen molar-refractivity contribution < 1.29 is 72.5 Å². The van der Waals surface area contributed by atoms with Crippen LogP contribution < -0.4 is 76.5 Å². The number of carboxylic acids is 2. The molecule has 1 aromatic rings. The standard InChI is InChI=1S/C60H102N14O15/c1-33(2)28-43(56(85)69-42(22-25-50(78)79)54(83)66-39(51(65)80)21-24-49(76)77)73-60(89)47(32-37-16-10-9-11-17-37)74-59(88)46(31-36(7)8)72-58(87)45(30-35(5)6)71-57(86)44(29-34(3)4)70-53(82)40(19-13-15-27-62)68-55(84)41(20-23-48(64)75)67-52(81)38(63)18-12-14-26-61/h9-11,16-17,33-36,38-47H,12-15,18-32,61-63H2,1-8H3,(H2,64,75)(H2,65,80)(H,66,83)(H,67,81)(H,68,84)(H,69,85)(H,70,82)(H,71,86)(H,72,87)(H,73,89)(H,74,88)(H,76,77)(H,78,79)/t38-,39-,40-,41-,42-,43-,44-,45-,46-,47-/m0/s1. The molecule has 0 saturated carbocycles. The second-order valence-electron chi connectivity index (χ2n) is 24.2. The number of nitrogens with two attached hydrogens (primary N) is 5. The van der Waals surface area contributed by atoms with Gasteiger partial charge in [0.25, 0.3) is 0 Å². The molecule has 0 aliphatic heterocycles. The Kier molecular flexibility index (Phi) is 37.6. The molecule has 29 heteroatoms. The molecule has 29 nitrogen and oxygen atoms in total. The Bertz CT molecular complexity index is 2480. The van der Waals surface area contributed by atoms with E-state index in [1.807, 2.05) is 0 Å². The summed E-state index contributed by atoms with van der Waals surface area (Å²) in [4.78, 5) is 174. The van der Waals surface area contributed by atoms with Crippen molar-refractivity contribution in [3.63, 3.8) is 0 Å². The monoisotopic (exact) mass is 1260 g/mol. The molecule has 0 fully saturated rings. The molecule has 0 radical (unpaired) electrons. The molecule has 502 valence electrons. The van der Waals surface area contributed by atoms with Crippen molar-refractivity contribution >= 4 is 76.9 Å². The van der Waals surface area contributed by atoms with Crippen LogP contribution >= 0.6 is 0 Å². The molecule has 11 amide bonds. The second kappa shape index (κ2) is 42.2. The average Bonchev–Trinajstić information content (AvgIpc) is 3.54. The fourth-order valence-corrected chi connectivity index (χ4v) is 9.37. The van der Waals surface area contributed by atoms with Crippen LogP contribution in [0, 0.1) is 23.7 Å². The maximum absolute atomic E-state index is 14.6. The van der Waals surface area contributed by atoms with Gasteiger partial charge in [-0.15, -0.1) is 0 Å². The largest absolute Gasteiger partial charge is 0.481 e. The quantitative estimate of drug-likeness (QED) is 0.0343. The molecule has 10 atom stereocenters. The van der Waals surface area contributed by atoms with Crippen molar-refractivity contribution in [1.29, 1.82) is 0 Å². The van der Waals surface area contributed by atoms with Crippen LogP contribution in [0.4, 0.5) is 0 Å². The summed E-state index contributed by atoms with van der Waals surface area (Å²) < 4.78 is 0. The molecule has 0 aliphatic rings. The van der Waals surface area contributed by atoms with E-state index in [4.69, 9.17) is 33.8 Å². The first-order valence-corrected chi connectivity index (χ1v) is 30.7. The minimum Gasteiger partial charge on any atom is -0.481 e. The van der Waals surface area contributed by atoms with Crippen LogP contribution in [0.15, 0.2) is 30.3 Å². The Morgan fingerprint density at radius 1 is 0.371 bits per heavy atom. The molecule has 1 aromatic carbocycles. The molecular formula is C60H102N14O15. The summed E-state index contributed by atoms with van der Waals surface area (Å²) in [6.45, 7) is 14.9. The minimum absolute atomic E-state index is 0.0304. The van der Waals surface area contributed by atoms with E-state index in [1.165, 1.54) is 0 Å². The Balaban J connectivity index is 3.66. The summed E-state index contributed by atoms with van der Waals surface area (Å²) in [5, 5.41) is 42.3. The van der Waals surface area contributed by atoms with Crippen molar-refractivity contribution in [3.8, 4) is 0 Å². The summed E-state index contributed by atoms with van der Waals surface area (Å²) in [6, 6.07) is -4.87. The molecule has 0 spiro atoms. The lowest BCUT2D eigenvalue weighted by Crippen LogP contribution is -2.61. The number of hydrogen-bond donors (Lipinski definition) is 16. The van der Waals surface area contributed by atoms with E-state index in [9.17, 15) is 67.4 Å². The zero-order valence-electron chi connectivity index (χ0n) is 53.0. The number of unbranched alkanes of at least 4 members (excludes halogenated alkanes) is 2. The first-order valence-electron chi connectivity index (χ1n) is 30.7. The van der Waals surface area contributed by atoms with Crippen LogP contribution in [0.2, 0.25) is 0 Å². The number of nitrogens with one attached hydrogen (secondary N) is 9. The SMILES string of the molecule is CC(C)C[C@H](NC(=O)[C@H](Cc1ccccc1)NC(=O)[C@H](CC(C)C)NC(=O)[C@H](CC(C)C)NC(=O)[C@H](CC(C)C)NC(=O)[C@H](CCCCN)NC(=O)[C@H](CCC(N)=O)NC(=O)[C@@H](N)CCCCN)C(=O)N[C@@H](CCC(=O)O)C(=O)N[C@@H](CCC(=O)O)C(N)=O. The van der Waals surface area contributed by atoms with Crippen LogP contribution in [-0.4, -0.2) is 161 Å². The minimum atomic E-state index is -1.60. The third-order valence-corrected chi connectivity index (χ3v) is 14.1. The molecule has 0 bridgehead atoms. The molecule has 0 aromatic heterocycles. The van der Waals surface area contributed by atoms with Gasteiger partial charge in [-0.2, -0.15) is 0 Å². The van der Waals surface area contributed by atoms with Gasteiger partial charge in [-0.3, -0.25) is 62.3 Å². The van der Waals surface area contributed by atoms with Crippen molar-refractivity contribution in [3.05, 3.63) is 35.9 Å². The van der Waals surface area contributed by atoms with Crippen molar-refractivity contribution in [2.24, 2.45) is 52.3 Å². The number of benzene rings is 1. The summed E-state index contributed by atoms with van der Waals surface area (Å²) >= 11 is 0. The highest BCUT2D eigenvalue weighted by atomic mass is 16.4. The molecule has 0 aliphatic carbocycles. The molecule has 1 rings (SSSR count). The fraction of sp³-hybridized carbons (Fsp3) is 0.683. The van der Waals surface area contributed by atoms with Crippen LogP contribution in [-0.2, 0) is 68.7 Å². The molecule has 89 heavy (non-hydrogen) atoms. The Labute approximate surface area is 521 Å². The Morgan fingerprint density at radius 2 is 0.663 bits per heavy atom. The lowest BCUT2D eigenvalue weighted by molar-refractivity contribution is -0.139. The number of carbonyl (C=O) groups excluding carboxylic acids is 11. The molecule has 0 heterocycles. The second-order valence-corrected chi connectivity index (χ2v) is 24.2. The highest BCUT2D eigenvalue weighted by Gasteiger charge is 2.37. The van der Waals surface area contributed by atoms with E-state index >= 15 is 0 Å². The van der Waals surface area contributed by atoms with Gasteiger partial charge in [-0.05, 0) is 119 Å². The van der Waals surface area contributed by atoms with Gasteiger partial charge in [0.2, 0.25) is 65.0 Å². The Hall–Kier alpha value is -7.79. The molecule has 0 unspecified atom stereocenters. The van der Waals surface area contributed by atoms with Crippen molar-refractivity contribution in [1.82, 2.24) is 47.9 Å². The fourth-order valence-electron chi connectivity index (χ4n) is 9.37. The topological polar surface area (TPSA) is 501 Å². The number of carbonyl (C=O) groups is 13. The van der Waals surface area contributed by atoms with Gasteiger partial charge >= 0.3 is 11.9 Å². The third-order valence-electron chi connectivity index (χ3n) is 14.1. The summed E-state index contributed by atoms with van der Waals surface area (Å²) in [6.07, 6.45) is -0.286. The number of hydrogen-bond acceptors (Lipinski definition) is 16. The smallest absolute Gasteiger partial charge is 0.303 e. The van der Waals surface area contributed by atoms with E-state index in [0.717, 1.165) is 0 Å². The van der Waals surface area contributed by atoms with Crippen LogP contribution in [0.3, 0.4) is 0 Å². The molecular weight excluding hydrogens is 1160 g/mol. The van der Waals surface area contributed by atoms with E-state index in [-0.39, 0.29) is 88.0 Å². The lowest BCUT2D eigenvalue weighted by Gasteiger charge is -2.29.